The van der Waals surface area contributed by atoms with Gasteiger partial charge in [-0.15, -0.1) is 0 Å². The lowest BCUT2D eigenvalue weighted by molar-refractivity contribution is 0.0952. The van der Waals surface area contributed by atoms with Gasteiger partial charge in [-0.2, -0.15) is 0 Å². The minimum absolute atomic E-state index is 0.0355. The number of hydrogen-bond donors (Lipinski definition) is 1. The molecule has 0 bridgehead atoms. The summed E-state index contributed by atoms with van der Waals surface area (Å²) in [7, 11) is 0. The summed E-state index contributed by atoms with van der Waals surface area (Å²) in [6, 6.07) is 9.95. The second-order valence-electron chi connectivity index (χ2n) is 5.51. The lowest BCUT2D eigenvalue weighted by Crippen LogP contribution is -2.32. The number of halogens is 1. The van der Waals surface area contributed by atoms with Gasteiger partial charge in [-0.25, -0.2) is 9.37 Å². The molecule has 0 aliphatic heterocycles. The maximum absolute atomic E-state index is 13.5. The molecule has 1 N–H and O–H groups in total. The van der Waals surface area contributed by atoms with Crippen LogP contribution in [0.4, 0.5) is 4.39 Å². The largest absolute Gasteiger partial charge is 0.351 e. The van der Waals surface area contributed by atoms with Crippen LogP contribution in [-0.4, -0.2) is 21.8 Å². The van der Waals surface area contributed by atoms with Crippen LogP contribution >= 0.6 is 0 Å². The first-order valence-electron chi connectivity index (χ1n) is 7.56. The Morgan fingerprint density at radius 1 is 1.25 bits per heavy atom. The quantitative estimate of drug-likeness (QED) is 0.799. The van der Waals surface area contributed by atoms with Crippen LogP contribution in [0.3, 0.4) is 0 Å². The van der Waals surface area contributed by atoms with Crippen molar-refractivity contribution in [3.63, 3.8) is 0 Å². The van der Waals surface area contributed by atoms with E-state index in [0.717, 1.165) is 5.56 Å². The van der Waals surface area contributed by atoms with Crippen LogP contribution in [0.1, 0.15) is 21.5 Å². The van der Waals surface area contributed by atoms with E-state index >= 15 is 0 Å². The number of hydrogen-bond acceptors (Lipinski definition) is 3. The molecule has 6 heteroatoms. The van der Waals surface area contributed by atoms with Crippen LogP contribution in [0.15, 0.2) is 53.6 Å². The molecule has 1 aromatic carbocycles. The van der Waals surface area contributed by atoms with E-state index in [4.69, 9.17) is 0 Å². The Balaban J connectivity index is 1.76. The van der Waals surface area contributed by atoms with Gasteiger partial charge in [0.15, 0.2) is 0 Å². The fourth-order valence-electron chi connectivity index (χ4n) is 2.45. The Morgan fingerprint density at radius 2 is 2.04 bits per heavy atom. The first-order chi connectivity index (χ1) is 11.6. The number of nitrogens with zero attached hydrogens (tertiary/aromatic N) is 2. The average Bonchev–Trinajstić information content (AvgIpc) is 2.57. The van der Waals surface area contributed by atoms with E-state index in [0.29, 0.717) is 17.6 Å². The summed E-state index contributed by atoms with van der Waals surface area (Å²) < 4.78 is 14.9. The lowest BCUT2D eigenvalue weighted by atomic mass is 10.1. The molecule has 0 atom stereocenters. The predicted molar refractivity (Wildman–Crippen MR) is 88.6 cm³/mol. The number of benzene rings is 1. The van der Waals surface area contributed by atoms with Crippen LogP contribution in [0.5, 0.6) is 0 Å². The number of rotatable bonds is 4. The highest BCUT2D eigenvalue weighted by molar-refractivity contribution is 5.93. The summed E-state index contributed by atoms with van der Waals surface area (Å²) in [4.78, 5) is 28.7. The highest BCUT2D eigenvalue weighted by Gasteiger charge is 2.13. The Labute approximate surface area is 137 Å². The van der Waals surface area contributed by atoms with Crippen molar-refractivity contribution in [2.24, 2.45) is 0 Å². The number of carbonyl (C=O) groups excluding carboxylic acids is 1. The first kappa shape index (κ1) is 15.9. The summed E-state index contributed by atoms with van der Waals surface area (Å²) in [6.45, 7) is 2.09. The highest BCUT2D eigenvalue weighted by Crippen LogP contribution is 2.06. The van der Waals surface area contributed by atoms with Gasteiger partial charge in [0.25, 0.3) is 11.5 Å². The molecule has 0 unspecified atom stereocenters. The molecular formula is C18H16FN3O2. The molecule has 2 aromatic heterocycles. The van der Waals surface area contributed by atoms with Gasteiger partial charge in [0.1, 0.15) is 17.0 Å². The predicted octanol–water partition coefficient (Wildman–Crippen LogP) is 2.11. The zero-order valence-electron chi connectivity index (χ0n) is 13.1. The monoisotopic (exact) mass is 325 g/mol. The van der Waals surface area contributed by atoms with Crippen molar-refractivity contribution < 1.29 is 9.18 Å². The molecule has 5 nitrogen and oxygen atoms in total. The van der Waals surface area contributed by atoms with Crippen molar-refractivity contribution in [1.82, 2.24) is 14.7 Å². The van der Waals surface area contributed by atoms with Crippen LogP contribution in [0.25, 0.3) is 5.65 Å². The third-order valence-electron chi connectivity index (χ3n) is 3.73. The van der Waals surface area contributed by atoms with Crippen LogP contribution in [0.2, 0.25) is 0 Å². The average molecular weight is 325 g/mol. The fourth-order valence-corrected chi connectivity index (χ4v) is 2.45. The Hall–Kier alpha value is -3.02. The molecule has 0 aliphatic rings. The van der Waals surface area contributed by atoms with Crippen molar-refractivity contribution in [2.75, 3.05) is 6.54 Å². The number of amides is 1. The number of nitrogens with one attached hydrogen (secondary N) is 1. The van der Waals surface area contributed by atoms with E-state index in [1.165, 1.54) is 16.7 Å². The van der Waals surface area contributed by atoms with Crippen molar-refractivity contribution in [3.05, 3.63) is 81.7 Å². The standard InChI is InChI=1S/C18H16FN3O2/c1-12-6-7-16-21-10-14(18(24)22(16)11-12)17(23)20-9-8-13-4-2-3-5-15(13)19/h2-7,10-11H,8-9H2,1H3,(H,20,23). The first-order valence-corrected chi connectivity index (χ1v) is 7.56. The van der Waals surface area contributed by atoms with E-state index in [1.807, 2.05) is 13.0 Å². The third-order valence-corrected chi connectivity index (χ3v) is 3.73. The third kappa shape index (κ3) is 3.17. The summed E-state index contributed by atoms with van der Waals surface area (Å²) in [5, 5.41) is 2.64. The van der Waals surface area contributed by atoms with E-state index in [2.05, 4.69) is 10.3 Å². The SMILES string of the molecule is Cc1ccc2ncc(C(=O)NCCc3ccccc3F)c(=O)n2c1. The topological polar surface area (TPSA) is 63.5 Å². The lowest BCUT2D eigenvalue weighted by Gasteiger charge is -2.07. The summed E-state index contributed by atoms with van der Waals surface area (Å²) in [5.41, 5.74) is 1.43. The number of carbonyl (C=O) groups is 1. The maximum Gasteiger partial charge on any atom is 0.270 e. The molecule has 1 amide bonds. The zero-order valence-corrected chi connectivity index (χ0v) is 13.1. The molecular weight excluding hydrogens is 309 g/mol. The minimum atomic E-state index is -0.514. The second kappa shape index (κ2) is 6.62. The number of aromatic nitrogens is 2. The molecule has 3 rings (SSSR count). The fraction of sp³-hybridized carbons (Fsp3) is 0.167. The van der Waals surface area contributed by atoms with Crippen molar-refractivity contribution in [1.29, 1.82) is 0 Å². The van der Waals surface area contributed by atoms with E-state index in [1.54, 1.807) is 30.5 Å². The van der Waals surface area contributed by atoms with E-state index in [-0.39, 0.29) is 17.9 Å². The van der Waals surface area contributed by atoms with E-state index < -0.39 is 11.5 Å². The smallest absolute Gasteiger partial charge is 0.270 e. The molecule has 0 fully saturated rings. The van der Waals surface area contributed by atoms with Crippen molar-refractivity contribution >= 4 is 11.6 Å². The molecule has 3 aromatic rings. The number of pyridine rings is 1. The molecule has 24 heavy (non-hydrogen) atoms. The Kier molecular flexibility index (Phi) is 4.37. The summed E-state index contributed by atoms with van der Waals surface area (Å²) in [5.74, 6) is -0.825. The normalized spacial score (nSPS) is 10.8. The highest BCUT2D eigenvalue weighted by atomic mass is 19.1. The van der Waals surface area contributed by atoms with Gasteiger partial charge in [-0.1, -0.05) is 24.3 Å². The molecule has 0 aliphatic carbocycles. The molecule has 122 valence electrons. The molecule has 0 saturated heterocycles. The number of aryl methyl sites for hydroxylation is 1. The molecule has 2 heterocycles. The van der Waals surface area contributed by atoms with Gasteiger partial charge in [0.05, 0.1) is 0 Å². The minimum Gasteiger partial charge on any atom is -0.351 e. The maximum atomic E-state index is 13.5. The van der Waals surface area contributed by atoms with Gasteiger partial charge in [0, 0.05) is 18.9 Å². The molecule has 0 radical (unpaired) electrons. The van der Waals surface area contributed by atoms with Gasteiger partial charge in [0.2, 0.25) is 0 Å². The Bertz CT molecular complexity index is 966. The van der Waals surface area contributed by atoms with Crippen LogP contribution in [-0.2, 0) is 6.42 Å². The van der Waals surface area contributed by atoms with Crippen LogP contribution in [0, 0.1) is 12.7 Å². The summed E-state index contributed by atoms with van der Waals surface area (Å²) in [6.07, 6.45) is 3.26. The van der Waals surface area contributed by atoms with Gasteiger partial charge < -0.3 is 5.32 Å². The summed E-state index contributed by atoms with van der Waals surface area (Å²) >= 11 is 0. The number of fused-ring (bicyclic) bond motifs is 1. The Morgan fingerprint density at radius 3 is 2.83 bits per heavy atom. The van der Waals surface area contributed by atoms with Crippen molar-refractivity contribution in [3.8, 4) is 0 Å². The van der Waals surface area contributed by atoms with Gasteiger partial charge >= 0.3 is 0 Å². The molecule has 0 saturated carbocycles. The zero-order chi connectivity index (χ0) is 17.1. The van der Waals surface area contributed by atoms with E-state index in [9.17, 15) is 14.0 Å². The van der Waals surface area contributed by atoms with Crippen LogP contribution < -0.4 is 10.9 Å². The van der Waals surface area contributed by atoms with Gasteiger partial charge in [-0.3, -0.25) is 14.0 Å². The second-order valence-corrected chi connectivity index (χ2v) is 5.51. The molecule has 0 spiro atoms. The van der Waals surface area contributed by atoms with Gasteiger partial charge in [-0.05, 0) is 36.6 Å². The van der Waals surface area contributed by atoms with Crippen molar-refractivity contribution in [2.45, 2.75) is 13.3 Å².